The molecular weight excluding hydrogens is 168 g/mol. The van der Waals surface area contributed by atoms with Crippen LogP contribution in [0.15, 0.2) is 12.2 Å². The number of esters is 1. The van der Waals surface area contributed by atoms with Crippen LogP contribution in [0.4, 0.5) is 0 Å². The van der Waals surface area contributed by atoms with Gasteiger partial charge >= 0.3 is 5.97 Å². The zero-order chi connectivity index (χ0) is 10.1. The molecule has 0 aliphatic heterocycles. The molecule has 1 aliphatic rings. The summed E-state index contributed by atoms with van der Waals surface area (Å²) >= 11 is 0. The number of aliphatic hydroxyl groups is 1. The van der Waals surface area contributed by atoms with Crippen LogP contribution in [0.2, 0.25) is 0 Å². The molecule has 1 N–H and O–H groups in total. The number of hydrogen-bond acceptors (Lipinski definition) is 3. The van der Waals surface area contributed by atoms with E-state index < -0.39 is 5.60 Å². The van der Waals surface area contributed by atoms with Gasteiger partial charge in [-0.25, -0.2) is 4.79 Å². The third-order valence-corrected chi connectivity index (χ3v) is 2.64. The highest BCUT2D eigenvalue weighted by Gasteiger charge is 2.41. The molecule has 0 aromatic rings. The van der Waals surface area contributed by atoms with Crippen LogP contribution in [-0.4, -0.2) is 23.3 Å². The summed E-state index contributed by atoms with van der Waals surface area (Å²) in [6, 6.07) is 0. The Morgan fingerprint density at radius 1 is 1.77 bits per heavy atom. The van der Waals surface area contributed by atoms with Crippen molar-refractivity contribution >= 4 is 5.97 Å². The Morgan fingerprint density at radius 2 is 2.38 bits per heavy atom. The first kappa shape index (κ1) is 10.3. The fourth-order valence-corrected chi connectivity index (χ4v) is 1.33. The van der Waals surface area contributed by atoms with Crippen molar-refractivity contribution in [2.24, 2.45) is 5.92 Å². The van der Waals surface area contributed by atoms with E-state index in [1.807, 2.05) is 0 Å². The minimum absolute atomic E-state index is 0.0933. The molecule has 1 aliphatic carbocycles. The minimum atomic E-state index is -0.643. The van der Waals surface area contributed by atoms with E-state index in [-0.39, 0.29) is 11.9 Å². The molecule has 2 atom stereocenters. The van der Waals surface area contributed by atoms with E-state index in [1.54, 1.807) is 13.8 Å². The Labute approximate surface area is 78.4 Å². The van der Waals surface area contributed by atoms with Crippen LogP contribution in [0.5, 0.6) is 0 Å². The maximum atomic E-state index is 11.0. The molecule has 74 valence electrons. The number of carbonyl (C=O) groups is 1. The summed E-state index contributed by atoms with van der Waals surface area (Å²) in [5, 5.41) is 9.61. The second kappa shape index (κ2) is 3.50. The Kier molecular flexibility index (Phi) is 2.76. The summed E-state index contributed by atoms with van der Waals surface area (Å²) in [5.74, 6) is -0.279. The monoisotopic (exact) mass is 184 g/mol. The normalized spacial score (nSPS) is 32.1. The van der Waals surface area contributed by atoms with Gasteiger partial charge in [0.2, 0.25) is 0 Å². The average molecular weight is 184 g/mol. The Hall–Kier alpha value is -0.830. The molecule has 0 saturated heterocycles. The van der Waals surface area contributed by atoms with E-state index in [1.165, 1.54) is 0 Å². The molecule has 2 unspecified atom stereocenters. The van der Waals surface area contributed by atoms with Gasteiger partial charge in [0.1, 0.15) is 0 Å². The SMILES string of the molecule is C=C(C)C(=O)OCC1CCC1(C)O. The maximum absolute atomic E-state index is 11.0. The largest absolute Gasteiger partial charge is 0.462 e. The molecule has 3 heteroatoms. The standard InChI is InChI=1S/C10H16O3/c1-7(2)9(11)13-6-8-4-5-10(8,3)12/h8,12H,1,4-6H2,2-3H3. The smallest absolute Gasteiger partial charge is 0.333 e. The quantitative estimate of drug-likeness (QED) is 0.530. The van der Waals surface area contributed by atoms with Gasteiger partial charge in [-0.05, 0) is 26.7 Å². The fourth-order valence-electron chi connectivity index (χ4n) is 1.33. The van der Waals surface area contributed by atoms with Crippen LogP contribution in [-0.2, 0) is 9.53 Å². The minimum Gasteiger partial charge on any atom is -0.462 e. The summed E-state index contributed by atoms with van der Waals surface area (Å²) in [6.07, 6.45) is 1.72. The number of rotatable bonds is 3. The Morgan fingerprint density at radius 3 is 2.69 bits per heavy atom. The van der Waals surface area contributed by atoms with Gasteiger partial charge < -0.3 is 9.84 Å². The maximum Gasteiger partial charge on any atom is 0.333 e. The van der Waals surface area contributed by atoms with Gasteiger partial charge in [0.15, 0.2) is 0 Å². The first-order chi connectivity index (χ1) is 5.93. The Bertz CT molecular complexity index is 230. The fraction of sp³-hybridized carbons (Fsp3) is 0.700. The summed E-state index contributed by atoms with van der Waals surface area (Å²) in [7, 11) is 0. The van der Waals surface area contributed by atoms with E-state index in [2.05, 4.69) is 6.58 Å². The molecule has 3 nitrogen and oxygen atoms in total. The van der Waals surface area contributed by atoms with Crippen molar-refractivity contribution < 1.29 is 14.6 Å². The summed E-state index contributed by atoms with van der Waals surface area (Å²) in [4.78, 5) is 11.0. The van der Waals surface area contributed by atoms with Crippen LogP contribution in [0.1, 0.15) is 26.7 Å². The van der Waals surface area contributed by atoms with Gasteiger partial charge in [0.25, 0.3) is 0 Å². The van der Waals surface area contributed by atoms with Crippen LogP contribution >= 0.6 is 0 Å². The molecule has 13 heavy (non-hydrogen) atoms. The molecule has 0 radical (unpaired) electrons. The third kappa shape index (κ3) is 2.31. The van der Waals surface area contributed by atoms with Crippen molar-refractivity contribution in [1.29, 1.82) is 0 Å². The first-order valence-corrected chi connectivity index (χ1v) is 4.48. The highest BCUT2D eigenvalue weighted by Crippen LogP contribution is 2.38. The van der Waals surface area contributed by atoms with Crippen molar-refractivity contribution in [3.05, 3.63) is 12.2 Å². The van der Waals surface area contributed by atoms with E-state index >= 15 is 0 Å². The zero-order valence-electron chi connectivity index (χ0n) is 8.17. The highest BCUT2D eigenvalue weighted by molar-refractivity contribution is 5.86. The van der Waals surface area contributed by atoms with Gasteiger partial charge in [0.05, 0.1) is 12.2 Å². The average Bonchev–Trinajstić information content (AvgIpc) is 2.02. The van der Waals surface area contributed by atoms with Crippen molar-refractivity contribution in [3.8, 4) is 0 Å². The number of hydrogen-bond donors (Lipinski definition) is 1. The number of carbonyl (C=O) groups excluding carboxylic acids is 1. The van der Waals surface area contributed by atoms with Gasteiger partial charge in [-0.1, -0.05) is 6.58 Å². The molecule has 0 amide bonds. The van der Waals surface area contributed by atoms with Crippen LogP contribution < -0.4 is 0 Å². The molecule has 1 fully saturated rings. The van der Waals surface area contributed by atoms with Crippen LogP contribution in [0, 0.1) is 5.92 Å². The lowest BCUT2D eigenvalue weighted by Crippen LogP contribution is -2.46. The first-order valence-electron chi connectivity index (χ1n) is 4.48. The van der Waals surface area contributed by atoms with Crippen molar-refractivity contribution in [3.63, 3.8) is 0 Å². The van der Waals surface area contributed by atoms with Gasteiger partial charge in [-0.3, -0.25) is 0 Å². The third-order valence-electron chi connectivity index (χ3n) is 2.64. The zero-order valence-corrected chi connectivity index (χ0v) is 8.17. The molecule has 0 spiro atoms. The predicted molar refractivity (Wildman–Crippen MR) is 49.1 cm³/mol. The topological polar surface area (TPSA) is 46.5 Å². The lowest BCUT2D eigenvalue weighted by Gasteiger charge is -2.42. The second-order valence-electron chi connectivity index (χ2n) is 3.97. The molecule has 1 saturated carbocycles. The molecule has 1 rings (SSSR count). The predicted octanol–water partition coefficient (Wildman–Crippen LogP) is 1.27. The lowest BCUT2D eigenvalue weighted by molar-refractivity contribution is -0.150. The van der Waals surface area contributed by atoms with Gasteiger partial charge in [-0.15, -0.1) is 0 Å². The van der Waals surface area contributed by atoms with Crippen molar-refractivity contribution in [2.45, 2.75) is 32.3 Å². The second-order valence-corrected chi connectivity index (χ2v) is 3.97. The van der Waals surface area contributed by atoms with Gasteiger partial charge in [0, 0.05) is 11.5 Å². The molecular formula is C10H16O3. The molecule has 0 aromatic heterocycles. The van der Waals surface area contributed by atoms with E-state index in [4.69, 9.17) is 4.74 Å². The highest BCUT2D eigenvalue weighted by atomic mass is 16.5. The van der Waals surface area contributed by atoms with Gasteiger partial charge in [-0.2, -0.15) is 0 Å². The van der Waals surface area contributed by atoms with E-state index in [9.17, 15) is 9.90 Å². The summed E-state index contributed by atoms with van der Waals surface area (Å²) in [5.41, 5.74) is -0.242. The molecule has 0 bridgehead atoms. The van der Waals surface area contributed by atoms with Crippen molar-refractivity contribution in [2.75, 3.05) is 6.61 Å². The lowest BCUT2D eigenvalue weighted by atomic mass is 9.71. The molecule has 0 aromatic carbocycles. The number of ether oxygens (including phenoxy) is 1. The van der Waals surface area contributed by atoms with E-state index in [0.717, 1.165) is 12.8 Å². The van der Waals surface area contributed by atoms with E-state index in [0.29, 0.717) is 12.2 Å². The van der Waals surface area contributed by atoms with Crippen LogP contribution in [0.25, 0.3) is 0 Å². The molecule has 0 heterocycles. The summed E-state index contributed by atoms with van der Waals surface area (Å²) < 4.78 is 4.94. The Balaban J connectivity index is 2.28. The van der Waals surface area contributed by atoms with Crippen molar-refractivity contribution in [1.82, 2.24) is 0 Å². The summed E-state index contributed by atoms with van der Waals surface area (Å²) in [6.45, 7) is 7.17. The van der Waals surface area contributed by atoms with Crippen LogP contribution in [0.3, 0.4) is 0 Å².